The Kier molecular flexibility index (Phi) is 7.22. The minimum absolute atomic E-state index is 0.0156. The average Bonchev–Trinajstić information content (AvgIpc) is 3.36. The van der Waals surface area contributed by atoms with Crippen LogP contribution in [0.15, 0.2) is 23.7 Å². The Bertz CT molecular complexity index is 979. The minimum Gasteiger partial charge on any atom is -0.348 e. The first-order valence-electron chi connectivity index (χ1n) is 9.98. The number of aromatic nitrogens is 5. The molecule has 0 aliphatic rings. The molecule has 0 aromatic carbocycles. The first-order chi connectivity index (χ1) is 14.4. The van der Waals surface area contributed by atoms with Crippen molar-refractivity contribution in [2.24, 2.45) is 0 Å². The lowest BCUT2D eigenvalue weighted by Gasteiger charge is -2.16. The molecule has 10 heteroatoms. The van der Waals surface area contributed by atoms with Crippen LogP contribution in [0.1, 0.15) is 43.3 Å². The second-order valence-electron chi connectivity index (χ2n) is 7.04. The van der Waals surface area contributed by atoms with E-state index in [4.69, 9.17) is 0 Å². The number of carbonyl (C=O) groups excluding carboxylic acids is 1. The molecule has 0 saturated carbocycles. The van der Waals surface area contributed by atoms with Crippen LogP contribution in [0.25, 0.3) is 17.3 Å². The van der Waals surface area contributed by atoms with Crippen LogP contribution in [0.3, 0.4) is 0 Å². The Morgan fingerprint density at radius 1 is 1.27 bits per heavy atom. The normalized spacial score (nSPS) is 11.4. The highest BCUT2D eigenvalue weighted by Gasteiger charge is 2.19. The molecule has 30 heavy (non-hydrogen) atoms. The van der Waals surface area contributed by atoms with Crippen molar-refractivity contribution in [3.05, 3.63) is 40.4 Å². The van der Waals surface area contributed by atoms with Gasteiger partial charge < -0.3 is 10.2 Å². The maximum atomic E-state index is 13.3. The molecule has 0 spiro atoms. The minimum atomic E-state index is -0.423. The van der Waals surface area contributed by atoms with Crippen LogP contribution in [0.2, 0.25) is 0 Å². The van der Waals surface area contributed by atoms with E-state index in [-0.39, 0.29) is 11.9 Å². The Balaban J connectivity index is 1.94. The van der Waals surface area contributed by atoms with E-state index in [1.807, 2.05) is 13.8 Å². The number of rotatable bonds is 9. The smallest absolute Gasteiger partial charge is 0.280 e. The molecule has 8 nitrogen and oxygen atoms in total. The molecule has 3 aromatic rings. The molecular weight excluding hydrogens is 405 g/mol. The fourth-order valence-corrected chi connectivity index (χ4v) is 3.56. The van der Waals surface area contributed by atoms with Crippen LogP contribution >= 0.6 is 11.3 Å². The SMILES string of the molecule is CCN(CC)CCc1nc(-c2ccc(F)cn2)n(-c2csc(C(=O)NC(C)C)n2)n1. The fraction of sp³-hybridized carbons (Fsp3) is 0.450. The van der Waals surface area contributed by atoms with Crippen molar-refractivity contribution in [3.63, 3.8) is 0 Å². The van der Waals surface area contributed by atoms with E-state index in [9.17, 15) is 9.18 Å². The van der Waals surface area contributed by atoms with Gasteiger partial charge in [-0.2, -0.15) is 4.68 Å². The van der Waals surface area contributed by atoms with Crippen molar-refractivity contribution in [2.75, 3.05) is 19.6 Å². The molecule has 0 aliphatic heterocycles. The van der Waals surface area contributed by atoms with Crippen LogP contribution in [-0.2, 0) is 6.42 Å². The predicted octanol–water partition coefficient (Wildman–Crippen LogP) is 2.95. The largest absolute Gasteiger partial charge is 0.348 e. The quantitative estimate of drug-likeness (QED) is 0.560. The zero-order valence-corrected chi connectivity index (χ0v) is 18.4. The van der Waals surface area contributed by atoms with Gasteiger partial charge in [-0.3, -0.25) is 4.79 Å². The summed E-state index contributed by atoms with van der Waals surface area (Å²) in [5, 5.41) is 9.54. The van der Waals surface area contributed by atoms with Gasteiger partial charge in [0, 0.05) is 24.4 Å². The van der Waals surface area contributed by atoms with Crippen molar-refractivity contribution >= 4 is 17.2 Å². The van der Waals surface area contributed by atoms with Gasteiger partial charge in [-0.25, -0.2) is 19.3 Å². The van der Waals surface area contributed by atoms with Crippen LogP contribution in [0, 0.1) is 5.82 Å². The lowest BCUT2D eigenvalue weighted by molar-refractivity contribution is 0.0942. The summed E-state index contributed by atoms with van der Waals surface area (Å²) in [7, 11) is 0. The highest BCUT2D eigenvalue weighted by Crippen LogP contribution is 2.21. The standard InChI is InChI=1S/C20H26FN7OS/c1-5-27(6-2)10-9-16-24-18(15-8-7-14(21)11-22-15)28(26-16)17-12-30-20(25-17)19(29)23-13(3)4/h7-8,11-13H,5-6,9-10H2,1-4H3,(H,23,29). The van der Waals surface area contributed by atoms with E-state index in [1.165, 1.54) is 17.4 Å². The summed E-state index contributed by atoms with van der Waals surface area (Å²) >= 11 is 1.24. The number of carbonyl (C=O) groups is 1. The fourth-order valence-electron chi connectivity index (χ4n) is 2.88. The summed E-state index contributed by atoms with van der Waals surface area (Å²) in [6.45, 7) is 10.7. The summed E-state index contributed by atoms with van der Waals surface area (Å²) in [5.74, 6) is 0.934. The van der Waals surface area contributed by atoms with E-state index in [0.29, 0.717) is 34.6 Å². The van der Waals surface area contributed by atoms with Gasteiger partial charge in [0.1, 0.15) is 11.5 Å². The number of hydrogen-bond acceptors (Lipinski definition) is 7. The second-order valence-corrected chi connectivity index (χ2v) is 7.90. The third kappa shape index (κ3) is 5.25. The average molecular weight is 432 g/mol. The first kappa shape index (κ1) is 22.0. The topological polar surface area (TPSA) is 88.8 Å². The Morgan fingerprint density at radius 3 is 2.67 bits per heavy atom. The van der Waals surface area contributed by atoms with Crippen LogP contribution in [0.4, 0.5) is 4.39 Å². The molecule has 0 radical (unpaired) electrons. The van der Waals surface area contributed by atoms with Gasteiger partial charge in [0.25, 0.3) is 5.91 Å². The molecule has 1 amide bonds. The maximum Gasteiger partial charge on any atom is 0.280 e. The number of nitrogens with zero attached hydrogens (tertiary/aromatic N) is 6. The van der Waals surface area contributed by atoms with Crippen LogP contribution in [-0.4, -0.2) is 61.2 Å². The monoisotopic (exact) mass is 431 g/mol. The number of likely N-dealkylation sites (N-methyl/N-ethyl adjacent to an activating group) is 1. The lowest BCUT2D eigenvalue weighted by atomic mass is 10.3. The van der Waals surface area contributed by atoms with Gasteiger partial charge >= 0.3 is 0 Å². The highest BCUT2D eigenvalue weighted by molar-refractivity contribution is 7.11. The number of amides is 1. The van der Waals surface area contributed by atoms with Gasteiger partial charge in [-0.15, -0.1) is 16.4 Å². The van der Waals surface area contributed by atoms with Crippen molar-refractivity contribution in [3.8, 4) is 17.3 Å². The number of thiazole rings is 1. The van der Waals surface area contributed by atoms with Gasteiger partial charge in [-0.05, 0) is 39.1 Å². The summed E-state index contributed by atoms with van der Waals surface area (Å²) in [4.78, 5) is 27.8. The Morgan fingerprint density at radius 2 is 2.03 bits per heavy atom. The highest BCUT2D eigenvalue weighted by atomic mass is 32.1. The molecule has 3 heterocycles. The van der Waals surface area contributed by atoms with E-state index < -0.39 is 5.82 Å². The van der Waals surface area contributed by atoms with E-state index in [0.717, 1.165) is 25.8 Å². The number of pyridine rings is 1. The third-order valence-electron chi connectivity index (χ3n) is 4.48. The molecule has 3 rings (SSSR count). The third-order valence-corrected chi connectivity index (χ3v) is 5.31. The first-order valence-corrected chi connectivity index (χ1v) is 10.9. The number of halogens is 1. The molecule has 0 fully saturated rings. The van der Waals surface area contributed by atoms with Gasteiger partial charge in [0.2, 0.25) is 0 Å². The van der Waals surface area contributed by atoms with E-state index >= 15 is 0 Å². The molecule has 3 aromatic heterocycles. The predicted molar refractivity (Wildman–Crippen MR) is 114 cm³/mol. The van der Waals surface area contributed by atoms with E-state index in [2.05, 4.69) is 44.1 Å². The van der Waals surface area contributed by atoms with Gasteiger partial charge in [0.15, 0.2) is 22.5 Å². The summed E-state index contributed by atoms with van der Waals surface area (Å²) in [6, 6.07) is 2.91. The van der Waals surface area contributed by atoms with Crippen molar-refractivity contribution < 1.29 is 9.18 Å². The molecule has 0 atom stereocenters. The van der Waals surface area contributed by atoms with Gasteiger partial charge in [0.05, 0.1) is 6.20 Å². The molecule has 0 saturated heterocycles. The molecular formula is C20H26FN7OS. The molecule has 0 bridgehead atoms. The summed E-state index contributed by atoms with van der Waals surface area (Å²) in [5.41, 5.74) is 0.485. The zero-order valence-electron chi connectivity index (χ0n) is 17.6. The van der Waals surface area contributed by atoms with Gasteiger partial charge in [-0.1, -0.05) is 13.8 Å². The lowest BCUT2D eigenvalue weighted by Crippen LogP contribution is -2.30. The van der Waals surface area contributed by atoms with Crippen molar-refractivity contribution in [1.82, 2.24) is 34.9 Å². The van der Waals surface area contributed by atoms with Crippen LogP contribution in [0.5, 0.6) is 0 Å². The molecule has 160 valence electrons. The maximum absolute atomic E-state index is 13.3. The summed E-state index contributed by atoms with van der Waals surface area (Å²) in [6.07, 6.45) is 1.81. The molecule has 0 unspecified atom stereocenters. The Hall–Kier alpha value is -2.72. The van der Waals surface area contributed by atoms with E-state index in [1.54, 1.807) is 16.1 Å². The zero-order chi connectivity index (χ0) is 21.7. The number of nitrogens with one attached hydrogen (secondary N) is 1. The van der Waals surface area contributed by atoms with Crippen LogP contribution < -0.4 is 5.32 Å². The number of hydrogen-bond donors (Lipinski definition) is 1. The molecule has 1 N–H and O–H groups in total. The Labute approximate surface area is 179 Å². The van der Waals surface area contributed by atoms with Crippen molar-refractivity contribution in [1.29, 1.82) is 0 Å². The summed E-state index contributed by atoms with van der Waals surface area (Å²) < 4.78 is 14.9. The van der Waals surface area contributed by atoms with Crippen molar-refractivity contribution in [2.45, 2.75) is 40.2 Å². The molecule has 0 aliphatic carbocycles. The second kappa shape index (κ2) is 9.86.